The van der Waals surface area contributed by atoms with Gasteiger partial charge in [-0.25, -0.2) is 4.79 Å². The first kappa shape index (κ1) is 16.5. The molecule has 1 saturated heterocycles. The third-order valence-corrected chi connectivity index (χ3v) is 5.74. The van der Waals surface area contributed by atoms with Crippen LogP contribution in [0.5, 0.6) is 0 Å². The summed E-state index contributed by atoms with van der Waals surface area (Å²) in [6.45, 7) is 8.36. The third-order valence-electron chi connectivity index (χ3n) is 3.90. The van der Waals surface area contributed by atoms with E-state index < -0.39 is 4.87 Å². The summed E-state index contributed by atoms with van der Waals surface area (Å²) in [4.78, 5) is 26.2. The van der Waals surface area contributed by atoms with Crippen molar-refractivity contribution < 1.29 is 9.59 Å². The van der Waals surface area contributed by atoms with Crippen LogP contribution in [0.25, 0.3) is 0 Å². The second-order valence-corrected chi connectivity index (χ2v) is 9.18. The summed E-state index contributed by atoms with van der Waals surface area (Å²) in [5.41, 5.74) is 1.47. The molecule has 0 saturated carbocycles. The second kappa shape index (κ2) is 5.31. The van der Waals surface area contributed by atoms with Crippen LogP contribution in [0.1, 0.15) is 33.3 Å². The minimum atomic E-state index is -1.07. The maximum atomic E-state index is 12.9. The molecule has 0 bridgehead atoms. The van der Waals surface area contributed by atoms with Crippen molar-refractivity contribution in [3.63, 3.8) is 0 Å². The van der Waals surface area contributed by atoms with Crippen molar-refractivity contribution in [3.05, 3.63) is 28.8 Å². The van der Waals surface area contributed by atoms with E-state index in [1.54, 1.807) is 23.1 Å². The van der Waals surface area contributed by atoms with Gasteiger partial charge in [-0.05, 0) is 45.9 Å². The van der Waals surface area contributed by atoms with E-state index in [4.69, 9.17) is 11.6 Å². The minimum Gasteiger partial charge on any atom is -0.336 e. The monoisotopic (exact) mass is 353 g/mol. The molecule has 2 heterocycles. The third kappa shape index (κ3) is 2.58. The van der Waals surface area contributed by atoms with E-state index in [-0.39, 0.29) is 22.7 Å². The van der Waals surface area contributed by atoms with E-state index in [1.807, 2.05) is 27.7 Å². The molecule has 0 radical (unpaired) electrons. The molecule has 2 N–H and O–H groups in total. The van der Waals surface area contributed by atoms with Crippen molar-refractivity contribution in [3.8, 4) is 0 Å². The molecule has 1 spiro atoms. The van der Waals surface area contributed by atoms with Crippen LogP contribution in [0.15, 0.2) is 18.2 Å². The normalized spacial score (nSPS) is 25.0. The largest absolute Gasteiger partial charge is 0.336 e. The molecule has 7 heteroatoms. The Balaban J connectivity index is 2.13. The van der Waals surface area contributed by atoms with E-state index in [9.17, 15) is 9.59 Å². The molecule has 1 atom stereocenters. The van der Waals surface area contributed by atoms with Crippen molar-refractivity contribution in [2.24, 2.45) is 0 Å². The molecule has 0 aliphatic carbocycles. The van der Waals surface area contributed by atoms with E-state index in [2.05, 4.69) is 10.6 Å². The van der Waals surface area contributed by atoms with Gasteiger partial charge in [-0.15, -0.1) is 11.8 Å². The van der Waals surface area contributed by atoms with Gasteiger partial charge in [0, 0.05) is 33.6 Å². The Kier molecular flexibility index (Phi) is 3.80. The average Bonchev–Trinajstić information content (AvgIpc) is 2.86. The molecule has 0 aromatic heterocycles. The lowest BCUT2D eigenvalue weighted by molar-refractivity contribution is -0.121. The molecule has 124 valence electrons. The van der Waals surface area contributed by atoms with E-state index in [0.29, 0.717) is 17.3 Å². The number of thioether (sulfide) groups is 1. The van der Waals surface area contributed by atoms with Crippen LogP contribution in [0.2, 0.25) is 5.02 Å². The smallest absolute Gasteiger partial charge is 0.319 e. The van der Waals surface area contributed by atoms with Gasteiger partial charge in [0.1, 0.15) is 0 Å². The summed E-state index contributed by atoms with van der Waals surface area (Å²) < 4.78 is -0.240. The molecule has 5 nitrogen and oxygen atoms in total. The summed E-state index contributed by atoms with van der Waals surface area (Å²) >= 11 is 7.64. The second-order valence-electron chi connectivity index (χ2n) is 6.84. The van der Waals surface area contributed by atoms with Crippen molar-refractivity contribution in [2.45, 2.75) is 43.4 Å². The Labute approximate surface area is 145 Å². The van der Waals surface area contributed by atoms with Crippen molar-refractivity contribution >= 4 is 41.0 Å². The Morgan fingerprint density at radius 3 is 2.78 bits per heavy atom. The van der Waals surface area contributed by atoms with Crippen LogP contribution >= 0.6 is 23.4 Å². The molecular weight excluding hydrogens is 334 g/mol. The van der Waals surface area contributed by atoms with Gasteiger partial charge in [0.05, 0.1) is 0 Å². The van der Waals surface area contributed by atoms with Gasteiger partial charge < -0.3 is 10.6 Å². The number of hydrogen-bond donors (Lipinski definition) is 2. The number of carbonyl (C=O) groups is 2. The van der Waals surface area contributed by atoms with Gasteiger partial charge >= 0.3 is 6.03 Å². The van der Waals surface area contributed by atoms with Crippen LogP contribution in [0, 0.1) is 0 Å². The molecule has 1 unspecified atom stereocenters. The molecule has 1 aromatic carbocycles. The molecular formula is C16H20ClN3O2S. The highest BCUT2D eigenvalue weighted by molar-refractivity contribution is 8.02. The van der Waals surface area contributed by atoms with Gasteiger partial charge in [0.15, 0.2) is 4.87 Å². The average molecular weight is 354 g/mol. The number of anilines is 1. The number of benzene rings is 1. The van der Waals surface area contributed by atoms with Crippen LogP contribution in [0.3, 0.4) is 0 Å². The fourth-order valence-corrected chi connectivity index (χ4v) is 4.97. The molecule has 3 rings (SSSR count). The highest BCUT2D eigenvalue weighted by Crippen LogP contribution is 2.58. The maximum Gasteiger partial charge on any atom is 0.319 e. The zero-order chi connectivity index (χ0) is 17.0. The first-order chi connectivity index (χ1) is 10.7. The van der Waals surface area contributed by atoms with E-state index in [0.717, 1.165) is 5.56 Å². The summed E-state index contributed by atoms with van der Waals surface area (Å²) in [7, 11) is 0. The number of fused-ring (bicyclic) bond motifs is 2. The van der Waals surface area contributed by atoms with Gasteiger partial charge in [-0.3, -0.25) is 9.69 Å². The number of hydrogen-bond acceptors (Lipinski definition) is 3. The Morgan fingerprint density at radius 2 is 2.13 bits per heavy atom. The molecule has 2 aliphatic rings. The SMILES string of the molecule is CC(C)NC(=O)N1CC(C)(C)SC12C(=O)Nc1ccc(Cl)cc12. The molecule has 1 fully saturated rings. The standard InChI is InChI=1S/C16H20ClN3O2S/c1-9(2)18-14(22)20-8-15(3,4)23-16(20)11-7-10(17)5-6-12(11)19-13(16)21/h5-7,9H,8H2,1-4H3,(H,18,22)(H,19,21). The first-order valence-corrected chi connectivity index (χ1v) is 8.75. The molecule has 3 amide bonds. The van der Waals surface area contributed by atoms with E-state index >= 15 is 0 Å². The predicted molar refractivity (Wildman–Crippen MR) is 93.8 cm³/mol. The predicted octanol–water partition coefficient (Wildman–Crippen LogP) is 3.39. The summed E-state index contributed by atoms with van der Waals surface area (Å²) in [6, 6.07) is 5.06. The van der Waals surface area contributed by atoms with Gasteiger partial charge in [-0.1, -0.05) is 11.6 Å². The number of rotatable bonds is 1. The van der Waals surface area contributed by atoms with Crippen molar-refractivity contribution in [1.82, 2.24) is 10.2 Å². The van der Waals surface area contributed by atoms with Crippen LogP contribution in [-0.2, 0) is 9.67 Å². The van der Waals surface area contributed by atoms with Crippen LogP contribution in [0.4, 0.5) is 10.5 Å². The number of halogens is 1. The highest BCUT2D eigenvalue weighted by atomic mass is 35.5. The number of nitrogens with one attached hydrogen (secondary N) is 2. The van der Waals surface area contributed by atoms with Crippen LogP contribution in [-0.4, -0.2) is 34.2 Å². The lowest BCUT2D eigenvalue weighted by Crippen LogP contribution is -2.53. The van der Waals surface area contributed by atoms with Crippen LogP contribution < -0.4 is 10.6 Å². The topological polar surface area (TPSA) is 61.4 Å². The fourth-order valence-electron chi connectivity index (χ4n) is 3.12. The zero-order valence-corrected chi connectivity index (χ0v) is 15.1. The van der Waals surface area contributed by atoms with Gasteiger partial charge in [0.2, 0.25) is 0 Å². The summed E-state index contributed by atoms with van der Waals surface area (Å²) in [5, 5.41) is 6.34. The number of nitrogens with zero attached hydrogens (tertiary/aromatic N) is 1. The Hall–Kier alpha value is -1.40. The maximum absolute atomic E-state index is 12.9. The summed E-state index contributed by atoms with van der Waals surface area (Å²) in [6.07, 6.45) is 0. The molecule has 1 aromatic rings. The Morgan fingerprint density at radius 1 is 1.43 bits per heavy atom. The van der Waals surface area contributed by atoms with E-state index in [1.165, 1.54) is 11.8 Å². The van der Waals surface area contributed by atoms with Gasteiger partial charge in [-0.2, -0.15) is 0 Å². The number of urea groups is 1. The number of amides is 3. The minimum absolute atomic E-state index is 0.00319. The highest BCUT2D eigenvalue weighted by Gasteiger charge is 2.61. The zero-order valence-electron chi connectivity index (χ0n) is 13.6. The number of carbonyl (C=O) groups excluding carboxylic acids is 2. The quantitative estimate of drug-likeness (QED) is 0.813. The lowest BCUT2D eigenvalue weighted by Gasteiger charge is -2.32. The van der Waals surface area contributed by atoms with Crippen molar-refractivity contribution in [1.29, 1.82) is 0 Å². The Bertz CT molecular complexity index is 692. The summed E-state index contributed by atoms with van der Waals surface area (Å²) in [5.74, 6) is -0.191. The molecule has 23 heavy (non-hydrogen) atoms. The first-order valence-electron chi connectivity index (χ1n) is 7.55. The van der Waals surface area contributed by atoms with Gasteiger partial charge in [0.25, 0.3) is 5.91 Å². The fraction of sp³-hybridized carbons (Fsp3) is 0.500. The lowest BCUT2D eigenvalue weighted by atomic mass is 10.0. The molecule has 2 aliphatic heterocycles. The van der Waals surface area contributed by atoms with Crippen molar-refractivity contribution in [2.75, 3.05) is 11.9 Å².